The minimum absolute atomic E-state index is 0.0400. The van der Waals surface area contributed by atoms with Crippen molar-refractivity contribution in [2.24, 2.45) is 23.1 Å². The zero-order valence-electron chi connectivity index (χ0n) is 20.1. The first-order chi connectivity index (χ1) is 16.0. The third-order valence-corrected chi connectivity index (χ3v) is 5.76. The van der Waals surface area contributed by atoms with Crippen LogP contribution in [-0.4, -0.2) is 76.9 Å². The van der Waals surface area contributed by atoms with Crippen LogP contribution in [0, 0.1) is 5.92 Å². The van der Waals surface area contributed by atoms with E-state index in [4.69, 9.17) is 17.2 Å². The molecule has 1 heterocycles. The van der Waals surface area contributed by atoms with Gasteiger partial charge in [-0.25, -0.2) is 4.79 Å². The van der Waals surface area contributed by atoms with Crippen molar-refractivity contribution in [2.45, 2.75) is 89.4 Å². The minimum Gasteiger partial charge on any atom is -0.480 e. The van der Waals surface area contributed by atoms with Crippen molar-refractivity contribution >= 4 is 29.6 Å². The summed E-state index contributed by atoms with van der Waals surface area (Å²) in [7, 11) is 0. The standard InChI is InChI=1S/C22H40N6O6/c1-13(2)12-16(21(32)28-11-5-7-17(28)22(33)34)27-20(31)15(6-3-4-10-23)26-19(30)14(24)8-9-18(25)29/h13-17H,3-12,23-24H2,1-2H3,(H2,25,29)(H,26,30)(H,27,31)(H,33,34). The Balaban J connectivity index is 2.96. The van der Waals surface area contributed by atoms with E-state index < -0.39 is 53.8 Å². The van der Waals surface area contributed by atoms with Crippen LogP contribution in [0.4, 0.5) is 0 Å². The molecule has 1 aliphatic rings. The van der Waals surface area contributed by atoms with Gasteiger partial charge in [0.1, 0.15) is 18.1 Å². The number of hydrogen-bond acceptors (Lipinski definition) is 7. The molecule has 0 aliphatic carbocycles. The molecule has 0 saturated carbocycles. The zero-order valence-corrected chi connectivity index (χ0v) is 20.1. The maximum absolute atomic E-state index is 13.2. The molecule has 0 aromatic carbocycles. The molecule has 34 heavy (non-hydrogen) atoms. The van der Waals surface area contributed by atoms with E-state index in [9.17, 15) is 29.1 Å². The highest BCUT2D eigenvalue weighted by Gasteiger charge is 2.38. The summed E-state index contributed by atoms with van der Waals surface area (Å²) in [5.41, 5.74) is 16.5. The van der Waals surface area contributed by atoms with E-state index in [2.05, 4.69) is 10.6 Å². The summed E-state index contributed by atoms with van der Waals surface area (Å²) in [6, 6.07) is -3.83. The van der Waals surface area contributed by atoms with Crippen molar-refractivity contribution in [2.75, 3.05) is 13.1 Å². The molecule has 9 N–H and O–H groups in total. The highest BCUT2D eigenvalue weighted by molar-refractivity contribution is 5.94. The Bertz CT molecular complexity index is 731. The Morgan fingerprint density at radius 3 is 2.24 bits per heavy atom. The Hall–Kier alpha value is -2.73. The number of nitrogens with zero attached hydrogens (tertiary/aromatic N) is 1. The van der Waals surface area contributed by atoms with E-state index in [1.54, 1.807) is 0 Å². The molecule has 12 heteroatoms. The molecule has 0 spiro atoms. The summed E-state index contributed by atoms with van der Waals surface area (Å²) in [5.74, 6) is -3.22. The maximum atomic E-state index is 13.2. The number of amides is 4. The van der Waals surface area contributed by atoms with Crippen LogP contribution in [0.5, 0.6) is 0 Å². The molecule has 194 valence electrons. The second-order valence-electron chi connectivity index (χ2n) is 9.18. The predicted octanol–water partition coefficient (Wildman–Crippen LogP) is -1.20. The molecule has 0 aromatic heterocycles. The fraction of sp³-hybridized carbons (Fsp3) is 0.773. The van der Waals surface area contributed by atoms with Crippen molar-refractivity contribution in [1.82, 2.24) is 15.5 Å². The summed E-state index contributed by atoms with van der Waals surface area (Å²) < 4.78 is 0. The molecule has 1 fully saturated rings. The van der Waals surface area contributed by atoms with Gasteiger partial charge in [0.15, 0.2) is 0 Å². The number of carboxylic acids is 1. The van der Waals surface area contributed by atoms with E-state index in [1.165, 1.54) is 4.90 Å². The normalized spacial score (nSPS) is 18.3. The van der Waals surface area contributed by atoms with Crippen molar-refractivity contribution in [3.05, 3.63) is 0 Å². The van der Waals surface area contributed by atoms with E-state index >= 15 is 0 Å². The van der Waals surface area contributed by atoms with E-state index in [0.29, 0.717) is 45.2 Å². The highest BCUT2D eigenvalue weighted by Crippen LogP contribution is 2.20. The Morgan fingerprint density at radius 1 is 1.03 bits per heavy atom. The van der Waals surface area contributed by atoms with Gasteiger partial charge in [-0.05, 0) is 57.4 Å². The van der Waals surface area contributed by atoms with Crippen molar-refractivity contribution < 1.29 is 29.1 Å². The fourth-order valence-electron chi connectivity index (χ4n) is 3.92. The quantitative estimate of drug-likeness (QED) is 0.155. The van der Waals surface area contributed by atoms with Crippen LogP contribution in [-0.2, 0) is 24.0 Å². The molecule has 1 aliphatic heterocycles. The van der Waals surface area contributed by atoms with E-state index in [0.717, 1.165) is 0 Å². The Kier molecular flexibility index (Phi) is 12.5. The molecule has 1 rings (SSSR count). The molecule has 0 bridgehead atoms. The van der Waals surface area contributed by atoms with Crippen LogP contribution in [0.3, 0.4) is 0 Å². The maximum Gasteiger partial charge on any atom is 0.326 e. The monoisotopic (exact) mass is 484 g/mol. The van der Waals surface area contributed by atoms with Crippen molar-refractivity contribution in [1.29, 1.82) is 0 Å². The molecule has 12 nitrogen and oxygen atoms in total. The number of carboxylic acid groups (broad SMARTS) is 1. The molecule has 4 amide bonds. The third-order valence-electron chi connectivity index (χ3n) is 5.76. The van der Waals surface area contributed by atoms with Crippen molar-refractivity contribution in [3.8, 4) is 0 Å². The Labute approximate surface area is 200 Å². The van der Waals surface area contributed by atoms with E-state index in [-0.39, 0.29) is 25.2 Å². The van der Waals surface area contributed by atoms with Gasteiger partial charge in [0.2, 0.25) is 23.6 Å². The van der Waals surface area contributed by atoms with Crippen LogP contribution >= 0.6 is 0 Å². The van der Waals surface area contributed by atoms with Gasteiger partial charge in [0.25, 0.3) is 0 Å². The first-order valence-corrected chi connectivity index (χ1v) is 11.9. The minimum atomic E-state index is -1.07. The second-order valence-corrected chi connectivity index (χ2v) is 9.18. The Morgan fingerprint density at radius 2 is 1.68 bits per heavy atom. The van der Waals surface area contributed by atoms with E-state index in [1.807, 2.05) is 13.8 Å². The van der Waals surface area contributed by atoms with Gasteiger partial charge in [-0.15, -0.1) is 0 Å². The zero-order chi connectivity index (χ0) is 25.8. The second kappa shape index (κ2) is 14.5. The molecule has 1 saturated heterocycles. The number of unbranched alkanes of at least 4 members (excludes halogenated alkanes) is 1. The van der Waals surface area contributed by atoms with Crippen LogP contribution in [0.1, 0.15) is 65.2 Å². The van der Waals surface area contributed by atoms with Crippen LogP contribution in [0.2, 0.25) is 0 Å². The summed E-state index contributed by atoms with van der Waals surface area (Å²) in [6.45, 7) is 4.51. The fourth-order valence-corrected chi connectivity index (χ4v) is 3.92. The molecule has 0 aromatic rings. The number of aliphatic carboxylic acids is 1. The van der Waals surface area contributed by atoms with Crippen LogP contribution in [0.15, 0.2) is 0 Å². The number of nitrogens with one attached hydrogen (secondary N) is 2. The number of carbonyl (C=O) groups is 5. The summed E-state index contributed by atoms with van der Waals surface area (Å²) in [6.07, 6.45) is 2.70. The van der Waals surface area contributed by atoms with Gasteiger partial charge < -0.3 is 37.8 Å². The van der Waals surface area contributed by atoms with Gasteiger partial charge in [0.05, 0.1) is 6.04 Å². The lowest BCUT2D eigenvalue weighted by Gasteiger charge is -2.29. The number of carbonyl (C=O) groups excluding carboxylic acids is 4. The first kappa shape index (κ1) is 29.3. The van der Waals surface area contributed by atoms with Gasteiger partial charge in [-0.2, -0.15) is 0 Å². The smallest absolute Gasteiger partial charge is 0.326 e. The van der Waals surface area contributed by atoms with Crippen molar-refractivity contribution in [3.63, 3.8) is 0 Å². The van der Waals surface area contributed by atoms with Gasteiger partial charge in [-0.3, -0.25) is 19.2 Å². The average molecular weight is 485 g/mol. The lowest BCUT2D eigenvalue weighted by Crippen LogP contribution is -2.57. The molecular weight excluding hydrogens is 444 g/mol. The molecule has 4 unspecified atom stereocenters. The average Bonchev–Trinajstić information content (AvgIpc) is 3.25. The summed E-state index contributed by atoms with van der Waals surface area (Å²) in [5, 5.41) is 14.8. The number of rotatable bonds is 15. The summed E-state index contributed by atoms with van der Waals surface area (Å²) in [4.78, 5) is 62.6. The highest BCUT2D eigenvalue weighted by atomic mass is 16.4. The first-order valence-electron chi connectivity index (χ1n) is 11.9. The number of nitrogens with two attached hydrogens (primary N) is 3. The molecular formula is C22H40N6O6. The number of hydrogen-bond donors (Lipinski definition) is 6. The number of likely N-dealkylation sites (tertiary alicyclic amines) is 1. The third kappa shape index (κ3) is 9.64. The van der Waals surface area contributed by atoms with Gasteiger partial charge in [0, 0.05) is 13.0 Å². The predicted molar refractivity (Wildman–Crippen MR) is 125 cm³/mol. The lowest BCUT2D eigenvalue weighted by atomic mass is 10.0. The largest absolute Gasteiger partial charge is 0.480 e. The summed E-state index contributed by atoms with van der Waals surface area (Å²) >= 11 is 0. The van der Waals surface area contributed by atoms with Crippen LogP contribution in [0.25, 0.3) is 0 Å². The topological polar surface area (TPSA) is 211 Å². The molecule has 0 radical (unpaired) electrons. The SMILES string of the molecule is CC(C)CC(NC(=O)C(CCCCN)NC(=O)C(N)CCC(N)=O)C(=O)N1CCCC1C(=O)O. The molecule has 4 atom stereocenters. The number of primary amides is 1. The van der Waals surface area contributed by atoms with Crippen LogP contribution < -0.4 is 27.8 Å². The lowest BCUT2D eigenvalue weighted by molar-refractivity contribution is -0.149. The van der Waals surface area contributed by atoms with Gasteiger partial charge in [-0.1, -0.05) is 13.8 Å². The van der Waals surface area contributed by atoms with Gasteiger partial charge >= 0.3 is 5.97 Å².